The maximum atomic E-state index is 13.0. The van der Waals surface area contributed by atoms with Crippen LogP contribution >= 0.6 is 0 Å². The first kappa shape index (κ1) is 14.7. The fourth-order valence-electron chi connectivity index (χ4n) is 2.53. The van der Waals surface area contributed by atoms with Crippen LogP contribution in [0.5, 0.6) is 0 Å². The number of aromatic nitrogens is 2. The van der Waals surface area contributed by atoms with Crippen molar-refractivity contribution < 1.29 is 19.0 Å². The van der Waals surface area contributed by atoms with E-state index in [0.717, 1.165) is 16.8 Å². The van der Waals surface area contributed by atoms with Crippen molar-refractivity contribution in [2.24, 2.45) is 0 Å². The van der Waals surface area contributed by atoms with E-state index in [1.807, 2.05) is 4.90 Å². The first-order valence-corrected chi connectivity index (χ1v) is 6.98. The second-order valence-corrected chi connectivity index (χ2v) is 5.21. The lowest BCUT2D eigenvalue weighted by Crippen LogP contribution is -2.45. The van der Waals surface area contributed by atoms with Crippen molar-refractivity contribution >= 4 is 5.97 Å². The van der Waals surface area contributed by atoms with Crippen LogP contribution in [0.1, 0.15) is 5.56 Å². The molecule has 1 saturated heterocycles. The van der Waals surface area contributed by atoms with Crippen molar-refractivity contribution in [3.63, 3.8) is 0 Å². The Kier molecular flexibility index (Phi) is 4.17. The van der Waals surface area contributed by atoms with Crippen LogP contribution in [0.4, 0.5) is 4.39 Å². The number of nitrogens with one attached hydrogen (secondary N) is 1. The normalized spacial score (nSPS) is 19.2. The molecule has 2 heterocycles. The van der Waals surface area contributed by atoms with Crippen molar-refractivity contribution in [3.05, 3.63) is 41.8 Å². The number of rotatable bonds is 4. The predicted octanol–water partition coefficient (Wildman–Crippen LogP) is 1.50. The molecule has 6 nitrogen and oxygen atoms in total. The average molecular weight is 305 g/mol. The van der Waals surface area contributed by atoms with Crippen LogP contribution < -0.4 is 0 Å². The zero-order chi connectivity index (χ0) is 15.5. The molecule has 0 amide bonds. The first-order valence-electron chi connectivity index (χ1n) is 6.98. The number of halogens is 1. The maximum Gasteiger partial charge on any atom is 0.334 e. The van der Waals surface area contributed by atoms with Gasteiger partial charge in [0, 0.05) is 30.8 Å². The standard InChI is InChI=1S/C15H16FN3O3/c16-12-3-1-10(2-4-12)14-11(7-17-18-14)8-19-5-6-22-13(9-19)15(20)21/h1-4,7,13H,5-6,8-9H2,(H,17,18)(H,20,21). The number of carboxylic acid groups (broad SMARTS) is 1. The van der Waals surface area contributed by atoms with E-state index in [1.165, 1.54) is 12.1 Å². The van der Waals surface area contributed by atoms with Gasteiger partial charge in [-0.25, -0.2) is 9.18 Å². The highest BCUT2D eigenvalue weighted by Crippen LogP contribution is 2.23. The number of morpholine rings is 1. The molecule has 2 aromatic rings. The molecule has 0 radical (unpaired) electrons. The van der Waals surface area contributed by atoms with Gasteiger partial charge in [0.05, 0.1) is 18.5 Å². The molecular weight excluding hydrogens is 289 g/mol. The lowest BCUT2D eigenvalue weighted by atomic mass is 10.1. The molecule has 0 bridgehead atoms. The molecule has 1 aromatic carbocycles. The minimum atomic E-state index is -0.948. The van der Waals surface area contributed by atoms with Crippen molar-refractivity contribution in [3.8, 4) is 11.3 Å². The number of H-pyrrole nitrogens is 1. The minimum Gasteiger partial charge on any atom is -0.479 e. The SMILES string of the molecule is O=C(O)C1CN(Cc2cn[nH]c2-c2ccc(F)cc2)CCO1. The monoisotopic (exact) mass is 305 g/mol. The quantitative estimate of drug-likeness (QED) is 0.895. The largest absolute Gasteiger partial charge is 0.479 e. The molecule has 1 atom stereocenters. The number of aromatic amines is 1. The lowest BCUT2D eigenvalue weighted by molar-refractivity contribution is -0.156. The molecule has 1 aliphatic heterocycles. The zero-order valence-electron chi connectivity index (χ0n) is 11.8. The molecule has 22 heavy (non-hydrogen) atoms. The predicted molar refractivity (Wildman–Crippen MR) is 76.6 cm³/mol. The summed E-state index contributed by atoms with van der Waals surface area (Å²) in [6.07, 6.45) is 0.916. The van der Waals surface area contributed by atoms with Crippen LogP contribution in [-0.2, 0) is 16.1 Å². The van der Waals surface area contributed by atoms with Gasteiger partial charge >= 0.3 is 5.97 Å². The average Bonchev–Trinajstić information content (AvgIpc) is 2.96. The summed E-state index contributed by atoms with van der Waals surface area (Å²) in [4.78, 5) is 13.0. The smallest absolute Gasteiger partial charge is 0.334 e. The van der Waals surface area contributed by atoms with Gasteiger partial charge in [0.1, 0.15) is 5.82 Å². The molecular formula is C15H16FN3O3. The molecule has 116 valence electrons. The molecule has 3 rings (SSSR count). The Labute approximate surface area is 126 Å². The summed E-state index contributed by atoms with van der Waals surface area (Å²) < 4.78 is 18.2. The lowest BCUT2D eigenvalue weighted by Gasteiger charge is -2.30. The van der Waals surface area contributed by atoms with Gasteiger partial charge in [-0.05, 0) is 24.3 Å². The van der Waals surface area contributed by atoms with E-state index in [4.69, 9.17) is 9.84 Å². The van der Waals surface area contributed by atoms with Crippen LogP contribution in [0.2, 0.25) is 0 Å². The summed E-state index contributed by atoms with van der Waals surface area (Å²) in [5.74, 6) is -1.24. The van der Waals surface area contributed by atoms with Gasteiger partial charge in [0.2, 0.25) is 0 Å². The highest BCUT2D eigenvalue weighted by atomic mass is 19.1. The van der Waals surface area contributed by atoms with E-state index in [1.54, 1.807) is 18.3 Å². The van der Waals surface area contributed by atoms with Gasteiger partial charge in [0.25, 0.3) is 0 Å². The number of benzene rings is 1. The molecule has 1 aliphatic rings. The van der Waals surface area contributed by atoms with Crippen LogP contribution in [-0.4, -0.2) is 52.0 Å². The maximum absolute atomic E-state index is 13.0. The first-order chi connectivity index (χ1) is 10.6. The topological polar surface area (TPSA) is 78.5 Å². The summed E-state index contributed by atoms with van der Waals surface area (Å²) in [5, 5.41) is 16.0. The second-order valence-electron chi connectivity index (χ2n) is 5.21. The Morgan fingerprint density at radius 3 is 2.95 bits per heavy atom. The van der Waals surface area contributed by atoms with Crippen LogP contribution in [0.15, 0.2) is 30.5 Å². The number of hydrogen-bond donors (Lipinski definition) is 2. The highest BCUT2D eigenvalue weighted by Gasteiger charge is 2.26. The van der Waals surface area contributed by atoms with E-state index in [9.17, 15) is 9.18 Å². The van der Waals surface area contributed by atoms with Crippen molar-refractivity contribution in [2.45, 2.75) is 12.6 Å². The summed E-state index contributed by atoms with van der Waals surface area (Å²) in [5.41, 5.74) is 2.60. The van der Waals surface area contributed by atoms with Gasteiger partial charge in [-0.1, -0.05) is 0 Å². The molecule has 1 fully saturated rings. The van der Waals surface area contributed by atoms with Crippen molar-refractivity contribution in [1.82, 2.24) is 15.1 Å². The van der Waals surface area contributed by atoms with Crippen LogP contribution in [0.3, 0.4) is 0 Å². The summed E-state index contributed by atoms with van der Waals surface area (Å²) in [7, 11) is 0. The summed E-state index contributed by atoms with van der Waals surface area (Å²) in [6, 6.07) is 6.17. The van der Waals surface area contributed by atoms with Gasteiger partial charge < -0.3 is 9.84 Å². The van der Waals surface area contributed by atoms with Crippen molar-refractivity contribution in [1.29, 1.82) is 0 Å². The molecule has 0 aliphatic carbocycles. The third-order valence-corrected chi connectivity index (χ3v) is 3.67. The molecule has 1 unspecified atom stereocenters. The van der Waals surface area contributed by atoms with E-state index in [2.05, 4.69) is 10.2 Å². The summed E-state index contributed by atoms with van der Waals surface area (Å²) >= 11 is 0. The molecule has 0 spiro atoms. The number of ether oxygens (including phenoxy) is 1. The summed E-state index contributed by atoms with van der Waals surface area (Å²) in [6.45, 7) is 1.96. The Morgan fingerprint density at radius 2 is 2.23 bits per heavy atom. The van der Waals surface area contributed by atoms with E-state index < -0.39 is 12.1 Å². The fourth-order valence-corrected chi connectivity index (χ4v) is 2.53. The Hall–Kier alpha value is -2.25. The number of aliphatic carboxylic acids is 1. The van der Waals surface area contributed by atoms with E-state index in [0.29, 0.717) is 26.2 Å². The highest BCUT2D eigenvalue weighted by molar-refractivity contribution is 5.72. The van der Waals surface area contributed by atoms with Crippen LogP contribution in [0, 0.1) is 5.82 Å². The molecule has 0 saturated carbocycles. The van der Waals surface area contributed by atoms with Crippen molar-refractivity contribution in [2.75, 3.05) is 19.7 Å². The zero-order valence-corrected chi connectivity index (χ0v) is 11.8. The van der Waals surface area contributed by atoms with Gasteiger partial charge in [0.15, 0.2) is 6.10 Å². The van der Waals surface area contributed by atoms with Gasteiger partial charge in [-0.2, -0.15) is 5.10 Å². The van der Waals surface area contributed by atoms with E-state index >= 15 is 0 Å². The minimum absolute atomic E-state index is 0.290. The number of nitrogens with zero attached hydrogens (tertiary/aromatic N) is 2. The third-order valence-electron chi connectivity index (χ3n) is 3.67. The number of carbonyl (C=O) groups is 1. The third kappa shape index (κ3) is 3.15. The van der Waals surface area contributed by atoms with Gasteiger partial charge in [-0.15, -0.1) is 0 Å². The second kappa shape index (κ2) is 6.25. The Balaban J connectivity index is 1.75. The number of carboxylic acids is 1. The number of hydrogen-bond acceptors (Lipinski definition) is 4. The fraction of sp³-hybridized carbons (Fsp3) is 0.333. The molecule has 2 N–H and O–H groups in total. The van der Waals surface area contributed by atoms with Crippen LogP contribution in [0.25, 0.3) is 11.3 Å². The molecule has 7 heteroatoms. The Morgan fingerprint density at radius 1 is 1.45 bits per heavy atom. The Bertz CT molecular complexity index is 656. The van der Waals surface area contributed by atoms with Gasteiger partial charge in [-0.3, -0.25) is 10.00 Å². The molecule has 1 aromatic heterocycles. The van der Waals surface area contributed by atoms with E-state index in [-0.39, 0.29) is 5.82 Å².